The highest BCUT2D eigenvalue weighted by Crippen LogP contribution is 2.25. The van der Waals surface area contributed by atoms with Crippen molar-refractivity contribution in [1.82, 2.24) is 0 Å². The molecule has 0 saturated carbocycles. The van der Waals surface area contributed by atoms with Crippen LogP contribution >= 0.6 is 0 Å². The van der Waals surface area contributed by atoms with Gasteiger partial charge in [0.15, 0.2) is 12.0 Å². The number of rotatable bonds is 4. The van der Waals surface area contributed by atoms with Crippen molar-refractivity contribution in [1.29, 1.82) is 0 Å². The molecular weight excluding hydrogens is 252 g/mol. The van der Waals surface area contributed by atoms with E-state index in [1.807, 2.05) is 6.92 Å². The van der Waals surface area contributed by atoms with Crippen LogP contribution in [0.4, 0.5) is 0 Å². The third-order valence-electron chi connectivity index (χ3n) is 2.63. The molecule has 0 atom stereocenters. The summed E-state index contributed by atoms with van der Waals surface area (Å²) in [4.78, 5) is 10.7. The van der Waals surface area contributed by atoms with Gasteiger partial charge in [-0.2, -0.15) is 0 Å². The van der Waals surface area contributed by atoms with Crippen LogP contribution < -0.4 is 0 Å². The molecule has 2 aromatic rings. The summed E-state index contributed by atoms with van der Waals surface area (Å²) < 4.78 is 29.7. The molecule has 2 rings (SSSR count). The molecule has 0 N–H and O–H groups in total. The van der Waals surface area contributed by atoms with E-state index >= 15 is 0 Å². The molecule has 0 aliphatic rings. The molecule has 94 valence electrons. The van der Waals surface area contributed by atoms with E-state index in [0.717, 1.165) is 5.56 Å². The molecule has 0 saturated heterocycles. The maximum Gasteiger partial charge on any atom is 0.239 e. The van der Waals surface area contributed by atoms with Crippen LogP contribution in [-0.4, -0.2) is 14.7 Å². The molecule has 1 heterocycles. The van der Waals surface area contributed by atoms with Crippen molar-refractivity contribution in [2.45, 2.75) is 23.3 Å². The normalized spacial score (nSPS) is 11.4. The van der Waals surface area contributed by atoms with Gasteiger partial charge in [0.05, 0.1) is 4.90 Å². The Labute approximate surface area is 105 Å². The minimum atomic E-state index is -3.70. The van der Waals surface area contributed by atoms with Crippen molar-refractivity contribution >= 4 is 16.1 Å². The van der Waals surface area contributed by atoms with E-state index in [1.54, 1.807) is 18.2 Å². The first-order valence-electron chi connectivity index (χ1n) is 5.47. The molecule has 5 heteroatoms. The first-order valence-corrected chi connectivity index (χ1v) is 6.96. The highest BCUT2D eigenvalue weighted by Gasteiger charge is 2.23. The van der Waals surface area contributed by atoms with Crippen LogP contribution in [0.2, 0.25) is 0 Å². The predicted molar refractivity (Wildman–Crippen MR) is 65.4 cm³/mol. The molecule has 0 bridgehead atoms. The number of hydrogen-bond donors (Lipinski definition) is 0. The molecule has 1 aromatic heterocycles. The van der Waals surface area contributed by atoms with Gasteiger partial charge in [0.2, 0.25) is 14.9 Å². The highest BCUT2D eigenvalue weighted by molar-refractivity contribution is 7.91. The highest BCUT2D eigenvalue weighted by atomic mass is 32.2. The van der Waals surface area contributed by atoms with Crippen LogP contribution in [-0.2, 0) is 16.3 Å². The number of aryl methyl sites for hydroxylation is 1. The Morgan fingerprint density at radius 3 is 2.50 bits per heavy atom. The molecule has 0 aliphatic heterocycles. The third-order valence-corrected chi connectivity index (χ3v) is 4.35. The Bertz CT molecular complexity index is 668. The van der Waals surface area contributed by atoms with Gasteiger partial charge in [-0.05, 0) is 30.2 Å². The summed E-state index contributed by atoms with van der Waals surface area (Å²) >= 11 is 0. The van der Waals surface area contributed by atoms with Crippen LogP contribution in [0.15, 0.2) is 50.8 Å². The van der Waals surface area contributed by atoms with Crippen molar-refractivity contribution in [2.24, 2.45) is 0 Å². The summed E-state index contributed by atoms with van der Waals surface area (Å²) in [5.74, 6) is 0.00237. The van der Waals surface area contributed by atoms with Crippen molar-refractivity contribution in [3.05, 3.63) is 47.7 Å². The lowest BCUT2D eigenvalue weighted by molar-refractivity contribution is 0.109. The average molecular weight is 264 g/mol. The van der Waals surface area contributed by atoms with Crippen LogP contribution in [0, 0.1) is 0 Å². The van der Waals surface area contributed by atoms with Gasteiger partial charge < -0.3 is 4.42 Å². The maximum atomic E-state index is 12.3. The quantitative estimate of drug-likeness (QED) is 0.796. The number of carbonyl (C=O) groups is 1. The fourth-order valence-electron chi connectivity index (χ4n) is 1.71. The summed E-state index contributed by atoms with van der Waals surface area (Å²) in [5, 5.41) is -0.203. The van der Waals surface area contributed by atoms with Gasteiger partial charge in [-0.1, -0.05) is 25.1 Å². The Morgan fingerprint density at radius 1 is 1.17 bits per heavy atom. The predicted octanol–water partition coefficient (Wildman–Crippen LogP) is 2.49. The smallest absolute Gasteiger partial charge is 0.239 e. The van der Waals surface area contributed by atoms with Gasteiger partial charge in [0.1, 0.15) is 0 Å². The number of benzene rings is 1. The van der Waals surface area contributed by atoms with E-state index in [-0.39, 0.29) is 15.7 Å². The van der Waals surface area contributed by atoms with Gasteiger partial charge in [0.25, 0.3) is 0 Å². The zero-order valence-electron chi connectivity index (χ0n) is 9.79. The molecule has 0 unspecified atom stereocenters. The number of sulfone groups is 1. The lowest BCUT2D eigenvalue weighted by Crippen LogP contribution is -2.04. The van der Waals surface area contributed by atoms with E-state index in [2.05, 4.69) is 0 Å². The van der Waals surface area contributed by atoms with Crippen LogP contribution in [0.25, 0.3) is 0 Å². The number of hydrogen-bond acceptors (Lipinski definition) is 4. The molecule has 0 radical (unpaired) electrons. The van der Waals surface area contributed by atoms with Crippen LogP contribution in [0.3, 0.4) is 0 Å². The van der Waals surface area contributed by atoms with Crippen molar-refractivity contribution < 1.29 is 17.6 Å². The minimum Gasteiger partial charge on any atom is -0.442 e. The second-order valence-corrected chi connectivity index (χ2v) is 5.59. The molecule has 18 heavy (non-hydrogen) atoms. The second kappa shape index (κ2) is 4.78. The Morgan fingerprint density at radius 2 is 1.89 bits per heavy atom. The summed E-state index contributed by atoms with van der Waals surface area (Å²) in [6.45, 7) is 1.88. The van der Waals surface area contributed by atoms with Crippen molar-refractivity contribution in [3.63, 3.8) is 0 Å². The van der Waals surface area contributed by atoms with Gasteiger partial charge in [0, 0.05) is 0 Å². The van der Waals surface area contributed by atoms with E-state index < -0.39 is 9.84 Å². The van der Waals surface area contributed by atoms with Crippen LogP contribution in [0.1, 0.15) is 23.0 Å². The number of aldehydes is 1. The number of carbonyl (C=O) groups excluding carboxylic acids is 1. The monoisotopic (exact) mass is 264 g/mol. The standard InChI is InChI=1S/C13H12O4S/c1-2-10-5-3-4-6-12(10)18(15,16)13-8-7-11(9-14)17-13/h3-9H,2H2,1H3. The fourth-order valence-corrected chi connectivity index (χ4v) is 3.19. The average Bonchev–Trinajstić information content (AvgIpc) is 2.88. The van der Waals surface area contributed by atoms with Gasteiger partial charge in [-0.25, -0.2) is 8.42 Å². The topological polar surface area (TPSA) is 64.3 Å². The lowest BCUT2D eigenvalue weighted by atomic mass is 10.2. The maximum absolute atomic E-state index is 12.3. The zero-order chi connectivity index (χ0) is 13.2. The van der Waals surface area contributed by atoms with Gasteiger partial charge in [-0.15, -0.1) is 0 Å². The van der Waals surface area contributed by atoms with E-state index in [4.69, 9.17) is 4.42 Å². The summed E-state index contributed by atoms with van der Waals surface area (Å²) in [5.41, 5.74) is 0.724. The number of furan rings is 1. The fraction of sp³-hybridized carbons (Fsp3) is 0.154. The third kappa shape index (κ3) is 2.09. The lowest BCUT2D eigenvalue weighted by Gasteiger charge is -2.06. The minimum absolute atomic E-state index is 0.00237. The van der Waals surface area contributed by atoms with Crippen molar-refractivity contribution in [2.75, 3.05) is 0 Å². The molecule has 0 amide bonds. The van der Waals surface area contributed by atoms with E-state index in [1.165, 1.54) is 18.2 Å². The molecule has 0 fully saturated rings. The molecule has 1 aromatic carbocycles. The molecule has 0 aliphatic carbocycles. The summed E-state index contributed by atoms with van der Waals surface area (Å²) in [7, 11) is -3.70. The Hall–Kier alpha value is -1.88. The van der Waals surface area contributed by atoms with E-state index in [9.17, 15) is 13.2 Å². The SMILES string of the molecule is CCc1ccccc1S(=O)(=O)c1ccc(C=O)o1. The molecule has 4 nitrogen and oxygen atoms in total. The van der Waals surface area contributed by atoms with Gasteiger partial charge >= 0.3 is 0 Å². The van der Waals surface area contributed by atoms with Gasteiger partial charge in [-0.3, -0.25) is 4.79 Å². The van der Waals surface area contributed by atoms with Crippen LogP contribution in [0.5, 0.6) is 0 Å². The summed E-state index contributed by atoms with van der Waals surface area (Å²) in [6, 6.07) is 9.39. The van der Waals surface area contributed by atoms with Crippen molar-refractivity contribution in [3.8, 4) is 0 Å². The first kappa shape index (κ1) is 12.6. The summed E-state index contributed by atoms with van der Waals surface area (Å²) in [6.07, 6.45) is 1.08. The largest absolute Gasteiger partial charge is 0.442 e. The zero-order valence-corrected chi connectivity index (χ0v) is 10.6. The molecule has 0 spiro atoms. The first-order chi connectivity index (χ1) is 8.59. The Balaban J connectivity index is 2.57. The Kier molecular flexibility index (Phi) is 3.34. The van der Waals surface area contributed by atoms with E-state index in [0.29, 0.717) is 12.7 Å². The molecular formula is C13H12O4S. The second-order valence-electron chi connectivity index (χ2n) is 3.74.